The van der Waals surface area contributed by atoms with Crippen molar-refractivity contribution in [3.63, 3.8) is 0 Å². The molecule has 0 aliphatic rings. The fraction of sp³-hybridized carbons (Fsp3) is 0.429. The zero-order valence-electron chi connectivity index (χ0n) is 12.0. The van der Waals surface area contributed by atoms with Crippen LogP contribution in [0.3, 0.4) is 0 Å². The molecule has 2 aromatic rings. The molecule has 0 aliphatic carbocycles. The van der Waals surface area contributed by atoms with Crippen molar-refractivity contribution >= 4 is 11.6 Å². The van der Waals surface area contributed by atoms with Crippen molar-refractivity contribution < 1.29 is 4.42 Å². The molecule has 0 unspecified atom stereocenters. The quantitative estimate of drug-likeness (QED) is 0.596. The lowest BCUT2D eigenvalue weighted by atomic mass is 10.1. The van der Waals surface area contributed by atoms with Crippen LogP contribution >= 0.6 is 0 Å². The highest BCUT2D eigenvalue weighted by Crippen LogP contribution is 2.25. The average Bonchev–Trinajstić information content (AvgIpc) is 2.98. The summed E-state index contributed by atoms with van der Waals surface area (Å²) in [5.74, 6) is 8.06. The van der Waals surface area contributed by atoms with Crippen molar-refractivity contribution in [1.29, 1.82) is 0 Å². The number of rotatable bonds is 7. The molecule has 2 heterocycles. The van der Waals surface area contributed by atoms with E-state index < -0.39 is 0 Å². The predicted octanol–water partition coefficient (Wildman–Crippen LogP) is 2.33. The van der Waals surface area contributed by atoms with E-state index >= 15 is 0 Å². The van der Waals surface area contributed by atoms with E-state index in [4.69, 9.17) is 10.3 Å². The van der Waals surface area contributed by atoms with Gasteiger partial charge in [0, 0.05) is 12.1 Å². The molecule has 108 valence electrons. The Hall–Kier alpha value is -2.08. The summed E-state index contributed by atoms with van der Waals surface area (Å²) < 4.78 is 5.42. The van der Waals surface area contributed by atoms with Gasteiger partial charge in [-0.15, -0.1) is 0 Å². The largest absolute Gasteiger partial charge is 0.467 e. The standard InChI is InChI=1S/C14H21N5O/c1-3-6-12-13(18-15)16-10-17-14(12)19(4-2)9-11-7-5-8-20-11/h5,7-8,10H,3-4,6,9,15H2,1-2H3,(H,16,17,18). The van der Waals surface area contributed by atoms with E-state index in [0.717, 1.165) is 36.5 Å². The Kier molecular flexibility index (Phi) is 4.95. The van der Waals surface area contributed by atoms with Gasteiger partial charge in [0.05, 0.1) is 12.8 Å². The maximum atomic E-state index is 5.55. The van der Waals surface area contributed by atoms with Gasteiger partial charge in [-0.2, -0.15) is 0 Å². The van der Waals surface area contributed by atoms with Crippen LogP contribution in [0.25, 0.3) is 0 Å². The Labute approximate surface area is 119 Å². The van der Waals surface area contributed by atoms with Crippen LogP contribution in [0.5, 0.6) is 0 Å². The molecular formula is C14H21N5O. The number of nitrogens with zero attached hydrogens (tertiary/aromatic N) is 3. The minimum Gasteiger partial charge on any atom is -0.467 e. The lowest BCUT2D eigenvalue weighted by Crippen LogP contribution is -2.25. The summed E-state index contributed by atoms with van der Waals surface area (Å²) in [6.07, 6.45) is 5.11. The molecule has 20 heavy (non-hydrogen) atoms. The van der Waals surface area contributed by atoms with Crippen LogP contribution in [-0.2, 0) is 13.0 Å². The SMILES string of the molecule is CCCc1c(NN)ncnc1N(CC)Cc1ccco1. The summed E-state index contributed by atoms with van der Waals surface area (Å²) in [5, 5.41) is 0. The van der Waals surface area contributed by atoms with E-state index in [1.54, 1.807) is 6.26 Å². The van der Waals surface area contributed by atoms with Crippen LogP contribution in [0.4, 0.5) is 11.6 Å². The third-order valence-electron chi connectivity index (χ3n) is 3.17. The molecule has 6 nitrogen and oxygen atoms in total. The van der Waals surface area contributed by atoms with E-state index in [1.807, 2.05) is 12.1 Å². The second-order valence-corrected chi connectivity index (χ2v) is 4.51. The molecule has 0 saturated carbocycles. The summed E-state index contributed by atoms with van der Waals surface area (Å²) in [6, 6.07) is 3.86. The van der Waals surface area contributed by atoms with E-state index in [-0.39, 0.29) is 0 Å². The van der Waals surface area contributed by atoms with Crippen LogP contribution in [-0.4, -0.2) is 16.5 Å². The number of hydrazine groups is 1. The molecule has 2 aromatic heterocycles. The van der Waals surface area contributed by atoms with Crippen molar-refractivity contribution in [3.8, 4) is 0 Å². The minimum atomic E-state index is 0.682. The summed E-state index contributed by atoms with van der Waals surface area (Å²) >= 11 is 0. The number of aromatic nitrogens is 2. The zero-order valence-corrected chi connectivity index (χ0v) is 12.0. The molecule has 0 bridgehead atoms. The van der Waals surface area contributed by atoms with E-state index in [9.17, 15) is 0 Å². The lowest BCUT2D eigenvalue weighted by molar-refractivity contribution is 0.502. The highest BCUT2D eigenvalue weighted by molar-refractivity contribution is 5.58. The molecule has 0 radical (unpaired) electrons. The van der Waals surface area contributed by atoms with Crippen molar-refractivity contribution in [1.82, 2.24) is 9.97 Å². The number of hydrogen-bond acceptors (Lipinski definition) is 6. The second kappa shape index (κ2) is 6.91. The molecule has 3 N–H and O–H groups in total. The van der Waals surface area contributed by atoms with Gasteiger partial charge >= 0.3 is 0 Å². The van der Waals surface area contributed by atoms with Gasteiger partial charge in [-0.1, -0.05) is 13.3 Å². The third-order valence-corrected chi connectivity index (χ3v) is 3.17. The molecule has 6 heteroatoms. The molecular weight excluding hydrogens is 254 g/mol. The molecule has 0 saturated heterocycles. The Bertz CT molecular complexity index is 526. The zero-order chi connectivity index (χ0) is 14.4. The monoisotopic (exact) mass is 275 g/mol. The maximum Gasteiger partial charge on any atom is 0.148 e. The number of hydrogen-bond donors (Lipinski definition) is 2. The van der Waals surface area contributed by atoms with Crippen LogP contribution in [0.2, 0.25) is 0 Å². The van der Waals surface area contributed by atoms with Crippen molar-refractivity contribution in [3.05, 3.63) is 36.0 Å². The van der Waals surface area contributed by atoms with E-state index in [1.165, 1.54) is 6.33 Å². The van der Waals surface area contributed by atoms with Gasteiger partial charge in [0.1, 0.15) is 23.7 Å². The molecule has 0 aromatic carbocycles. The normalized spacial score (nSPS) is 10.6. The van der Waals surface area contributed by atoms with Gasteiger partial charge in [-0.25, -0.2) is 15.8 Å². The highest BCUT2D eigenvalue weighted by atomic mass is 16.3. The van der Waals surface area contributed by atoms with Crippen molar-refractivity contribution in [2.75, 3.05) is 16.9 Å². The molecule has 2 rings (SSSR count). The number of furan rings is 1. The first-order valence-corrected chi connectivity index (χ1v) is 6.87. The Morgan fingerprint density at radius 1 is 1.35 bits per heavy atom. The predicted molar refractivity (Wildman–Crippen MR) is 79.3 cm³/mol. The molecule has 0 amide bonds. The van der Waals surface area contributed by atoms with Gasteiger partial charge in [0.15, 0.2) is 0 Å². The Morgan fingerprint density at radius 3 is 2.80 bits per heavy atom. The van der Waals surface area contributed by atoms with Gasteiger partial charge in [-0.05, 0) is 25.5 Å². The first-order valence-electron chi connectivity index (χ1n) is 6.87. The summed E-state index contributed by atoms with van der Waals surface area (Å²) in [5.41, 5.74) is 3.70. The van der Waals surface area contributed by atoms with Gasteiger partial charge in [0.25, 0.3) is 0 Å². The summed E-state index contributed by atoms with van der Waals surface area (Å²) in [7, 11) is 0. The van der Waals surface area contributed by atoms with Crippen molar-refractivity contribution in [2.45, 2.75) is 33.2 Å². The lowest BCUT2D eigenvalue weighted by Gasteiger charge is -2.24. The number of anilines is 2. The highest BCUT2D eigenvalue weighted by Gasteiger charge is 2.16. The van der Waals surface area contributed by atoms with Crippen LogP contribution in [0, 0.1) is 0 Å². The first kappa shape index (κ1) is 14.3. The van der Waals surface area contributed by atoms with Gasteiger partial charge in [0.2, 0.25) is 0 Å². The van der Waals surface area contributed by atoms with E-state index in [0.29, 0.717) is 12.4 Å². The molecule has 0 atom stereocenters. The minimum absolute atomic E-state index is 0.682. The van der Waals surface area contributed by atoms with Gasteiger partial charge < -0.3 is 14.7 Å². The Balaban J connectivity index is 2.32. The van der Waals surface area contributed by atoms with Crippen LogP contribution < -0.4 is 16.2 Å². The number of nitrogens with two attached hydrogens (primary N) is 1. The smallest absolute Gasteiger partial charge is 0.148 e. The second-order valence-electron chi connectivity index (χ2n) is 4.51. The average molecular weight is 275 g/mol. The summed E-state index contributed by atoms with van der Waals surface area (Å²) in [4.78, 5) is 10.8. The van der Waals surface area contributed by atoms with Gasteiger partial charge in [-0.3, -0.25) is 0 Å². The van der Waals surface area contributed by atoms with E-state index in [2.05, 4.69) is 34.1 Å². The first-order chi connectivity index (χ1) is 9.80. The van der Waals surface area contributed by atoms with Crippen LogP contribution in [0.1, 0.15) is 31.6 Å². The molecule has 0 fully saturated rings. The van der Waals surface area contributed by atoms with Crippen LogP contribution in [0.15, 0.2) is 29.1 Å². The fourth-order valence-electron chi connectivity index (χ4n) is 2.21. The Morgan fingerprint density at radius 2 is 2.20 bits per heavy atom. The molecule has 0 aliphatic heterocycles. The number of nitrogens with one attached hydrogen (secondary N) is 1. The third kappa shape index (κ3) is 3.08. The maximum absolute atomic E-state index is 5.55. The fourth-order valence-corrected chi connectivity index (χ4v) is 2.21. The molecule has 0 spiro atoms. The topological polar surface area (TPSA) is 80.2 Å². The number of nitrogen functional groups attached to an aromatic ring is 1. The summed E-state index contributed by atoms with van der Waals surface area (Å²) in [6.45, 7) is 5.73. The van der Waals surface area contributed by atoms with Crippen molar-refractivity contribution in [2.24, 2.45) is 5.84 Å².